The first-order valence-electron chi connectivity index (χ1n) is 10.2. The van der Waals surface area contributed by atoms with Crippen molar-refractivity contribution in [2.45, 2.75) is 92.1 Å². The van der Waals surface area contributed by atoms with Crippen molar-refractivity contribution in [3.05, 3.63) is 0 Å². The van der Waals surface area contributed by atoms with Gasteiger partial charge in [0.1, 0.15) is 48.8 Å². The standard InChI is InChI=1S/C17H34N4O10/c18-2-6-10(24)12(26)8(21)16(28-6)30-14-5(20)1-4(19)9(23)15(14)31-17-13(27)11(25)7(3-22)29-17/h4-17,22-27H,1-3,18-21H2/t4-,5+,6-,7-,8-,9+,10-,11-,12-,13-,14-,15-,16-,17?/m1/s1. The third kappa shape index (κ3) is 4.87. The summed E-state index contributed by atoms with van der Waals surface area (Å²) >= 11 is 0. The van der Waals surface area contributed by atoms with Gasteiger partial charge in [-0.05, 0) is 6.42 Å². The molecule has 31 heavy (non-hydrogen) atoms. The number of aliphatic hydroxyl groups is 6. The maximum Gasteiger partial charge on any atom is 0.187 e. The van der Waals surface area contributed by atoms with Gasteiger partial charge in [0, 0.05) is 18.6 Å². The Morgan fingerprint density at radius 2 is 1.29 bits per heavy atom. The van der Waals surface area contributed by atoms with Crippen LogP contribution < -0.4 is 22.9 Å². The van der Waals surface area contributed by atoms with E-state index in [4.69, 9.17) is 41.9 Å². The van der Waals surface area contributed by atoms with Gasteiger partial charge in [0.15, 0.2) is 12.6 Å². The van der Waals surface area contributed by atoms with Crippen LogP contribution in [0.3, 0.4) is 0 Å². The Balaban J connectivity index is 1.78. The molecule has 14 N–H and O–H groups in total. The lowest BCUT2D eigenvalue weighted by molar-refractivity contribution is -0.306. The zero-order valence-corrected chi connectivity index (χ0v) is 16.8. The summed E-state index contributed by atoms with van der Waals surface area (Å²) in [6.45, 7) is -0.673. The van der Waals surface area contributed by atoms with Gasteiger partial charge in [-0.1, -0.05) is 0 Å². The molecule has 0 radical (unpaired) electrons. The van der Waals surface area contributed by atoms with Crippen molar-refractivity contribution < 1.29 is 49.6 Å². The zero-order chi connectivity index (χ0) is 23.0. The average Bonchev–Trinajstić information content (AvgIpc) is 3.02. The Morgan fingerprint density at radius 3 is 1.87 bits per heavy atom. The van der Waals surface area contributed by atoms with Gasteiger partial charge in [0.2, 0.25) is 0 Å². The summed E-state index contributed by atoms with van der Waals surface area (Å²) in [5, 5.41) is 60.2. The third-order valence-corrected chi connectivity index (χ3v) is 6.13. The summed E-state index contributed by atoms with van der Waals surface area (Å²) in [5.74, 6) is 0. The highest BCUT2D eigenvalue weighted by Crippen LogP contribution is 2.31. The van der Waals surface area contributed by atoms with E-state index in [0.29, 0.717) is 0 Å². The molecule has 3 aliphatic rings. The summed E-state index contributed by atoms with van der Waals surface area (Å²) < 4.78 is 22.5. The van der Waals surface area contributed by atoms with Crippen molar-refractivity contribution in [2.75, 3.05) is 13.2 Å². The van der Waals surface area contributed by atoms with E-state index < -0.39 is 92.2 Å². The Morgan fingerprint density at radius 1 is 0.710 bits per heavy atom. The maximum absolute atomic E-state index is 10.6. The first-order chi connectivity index (χ1) is 14.6. The van der Waals surface area contributed by atoms with Crippen LogP contribution >= 0.6 is 0 Å². The Hall–Kier alpha value is -0.560. The molecule has 2 heterocycles. The molecule has 0 bridgehead atoms. The van der Waals surface area contributed by atoms with E-state index in [-0.39, 0.29) is 13.0 Å². The van der Waals surface area contributed by atoms with E-state index in [1.807, 2.05) is 0 Å². The molecule has 0 aromatic heterocycles. The van der Waals surface area contributed by atoms with E-state index in [1.165, 1.54) is 0 Å². The van der Waals surface area contributed by atoms with Crippen molar-refractivity contribution in [3.63, 3.8) is 0 Å². The minimum absolute atomic E-state index is 0.114. The number of hydrogen-bond donors (Lipinski definition) is 10. The first kappa shape index (κ1) is 25.1. The second-order valence-electron chi connectivity index (χ2n) is 8.30. The fourth-order valence-corrected chi connectivity index (χ4v) is 4.16. The molecular weight excluding hydrogens is 420 g/mol. The quantitative estimate of drug-likeness (QED) is 0.179. The van der Waals surface area contributed by atoms with Gasteiger partial charge in [0.25, 0.3) is 0 Å². The summed E-state index contributed by atoms with van der Waals surface area (Å²) in [7, 11) is 0. The minimum Gasteiger partial charge on any atom is -0.394 e. The number of nitrogens with two attached hydrogens (primary N) is 4. The van der Waals surface area contributed by atoms with Crippen LogP contribution in [0, 0.1) is 0 Å². The van der Waals surface area contributed by atoms with Crippen LogP contribution in [0.5, 0.6) is 0 Å². The van der Waals surface area contributed by atoms with Gasteiger partial charge < -0.3 is 72.5 Å². The predicted octanol–water partition coefficient (Wildman–Crippen LogP) is -6.65. The van der Waals surface area contributed by atoms with Gasteiger partial charge in [-0.3, -0.25) is 0 Å². The largest absolute Gasteiger partial charge is 0.394 e. The highest BCUT2D eigenvalue weighted by Gasteiger charge is 2.52. The van der Waals surface area contributed by atoms with E-state index in [2.05, 4.69) is 0 Å². The second-order valence-corrected chi connectivity index (χ2v) is 8.30. The molecule has 2 aliphatic heterocycles. The van der Waals surface area contributed by atoms with E-state index in [9.17, 15) is 30.6 Å². The van der Waals surface area contributed by atoms with Crippen LogP contribution in [0.4, 0.5) is 0 Å². The first-order valence-corrected chi connectivity index (χ1v) is 10.2. The SMILES string of the molecule is NC[C@H]1O[C@H](O[C@H]2[C@H](OC3O[C@H](CO)[C@@H](O)[C@H]3O)[C@@H](O)[C@H](N)C[C@@H]2N)[C@H](N)[C@@H](O)[C@@H]1O. The molecule has 14 nitrogen and oxygen atoms in total. The number of rotatable bonds is 6. The molecule has 0 amide bonds. The molecule has 2 saturated heterocycles. The van der Waals surface area contributed by atoms with E-state index in [1.54, 1.807) is 0 Å². The van der Waals surface area contributed by atoms with Crippen LogP contribution in [0.2, 0.25) is 0 Å². The Labute approximate surface area is 178 Å². The van der Waals surface area contributed by atoms with Crippen LogP contribution in [-0.2, 0) is 18.9 Å². The molecule has 1 saturated carbocycles. The summed E-state index contributed by atoms with van der Waals surface area (Å²) in [5.41, 5.74) is 23.6. The van der Waals surface area contributed by atoms with Gasteiger partial charge in [-0.15, -0.1) is 0 Å². The van der Waals surface area contributed by atoms with Gasteiger partial charge in [-0.2, -0.15) is 0 Å². The fraction of sp³-hybridized carbons (Fsp3) is 1.00. The number of aliphatic hydroxyl groups excluding tert-OH is 6. The highest BCUT2D eigenvalue weighted by molar-refractivity contribution is 5.01. The molecule has 0 spiro atoms. The molecule has 3 rings (SSSR count). The molecule has 14 atom stereocenters. The van der Waals surface area contributed by atoms with Crippen LogP contribution in [0.15, 0.2) is 0 Å². The van der Waals surface area contributed by atoms with Crippen LogP contribution in [0.1, 0.15) is 6.42 Å². The van der Waals surface area contributed by atoms with Crippen molar-refractivity contribution in [2.24, 2.45) is 22.9 Å². The van der Waals surface area contributed by atoms with E-state index >= 15 is 0 Å². The third-order valence-electron chi connectivity index (χ3n) is 6.13. The lowest BCUT2D eigenvalue weighted by Crippen LogP contribution is -2.68. The normalized spacial score (nSPS) is 53.6. The molecule has 3 fully saturated rings. The van der Waals surface area contributed by atoms with Crippen molar-refractivity contribution in [1.82, 2.24) is 0 Å². The zero-order valence-electron chi connectivity index (χ0n) is 16.8. The second kappa shape index (κ2) is 10.1. The Kier molecular flexibility index (Phi) is 8.21. The van der Waals surface area contributed by atoms with Crippen molar-refractivity contribution >= 4 is 0 Å². The van der Waals surface area contributed by atoms with Gasteiger partial charge >= 0.3 is 0 Å². The average molecular weight is 454 g/mol. The highest BCUT2D eigenvalue weighted by atomic mass is 16.7. The molecule has 0 aromatic carbocycles. The fourth-order valence-electron chi connectivity index (χ4n) is 4.16. The van der Waals surface area contributed by atoms with Crippen molar-refractivity contribution in [1.29, 1.82) is 0 Å². The van der Waals surface area contributed by atoms with Crippen LogP contribution in [0.25, 0.3) is 0 Å². The Bertz CT molecular complexity index is 591. The molecule has 14 heteroatoms. The number of hydrogen-bond acceptors (Lipinski definition) is 14. The minimum atomic E-state index is -1.51. The van der Waals surface area contributed by atoms with Gasteiger partial charge in [-0.25, -0.2) is 0 Å². The molecule has 1 aliphatic carbocycles. The molecule has 1 unspecified atom stereocenters. The van der Waals surface area contributed by atoms with Crippen molar-refractivity contribution in [3.8, 4) is 0 Å². The van der Waals surface area contributed by atoms with Crippen LogP contribution in [-0.4, -0.2) is 129 Å². The number of ether oxygens (including phenoxy) is 4. The maximum atomic E-state index is 10.6. The lowest BCUT2D eigenvalue weighted by atomic mass is 9.84. The monoisotopic (exact) mass is 454 g/mol. The predicted molar refractivity (Wildman–Crippen MR) is 102 cm³/mol. The molecule has 0 aromatic rings. The summed E-state index contributed by atoms with van der Waals surface area (Å²) in [4.78, 5) is 0. The van der Waals surface area contributed by atoms with E-state index in [0.717, 1.165) is 0 Å². The molecular formula is C17H34N4O10. The summed E-state index contributed by atoms with van der Waals surface area (Å²) in [6, 6.07) is -2.72. The smallest absolute Gasteiger partial charge is 0.187 e. The van der Waals surface area contributed by atoms with Gasteiger partial charge in [0.05, 0.1) is 18.8 Å². The topological polar surface area (TPSA) is 262 Å². The molecule has 182 valence electrons. The lowest BCUT2D eigenvalue weighted by Gasteiger charge is -2.47. The summed E-state index contributed by atoms with van der Waals surface area (Å²) in [6.07, 6.45) is -13.8.